The van der Waals surface area contributed by atoms with Crippen molar-refractivity contribution in [3.05, 3.63) is 24.3 Å². The second kappa shape index (κ2) is 5.01. The maximum Gasteiger partial charge on any atom is 0.266 e. The fourth-order valence-corrected chi connectivity index (χ4v) is 2.49. The van der Waals surface area contributed by atoms with Crippen LogP contribution in [-0.4, -0.2) is 24.4 Å². The summed E-state index contributed by atoms with van der Waals surface area (Å²) in [6.45, 7) is 2.48. The molecule has 1 aromatic carbocycles. The van der Waals surface area contributed by atoms with Crippen molar-refractivity contribution in [3.63, 3.8) is 0 Å². The Balaban J connectivity index is 2.29. The number of nitrogens with two attached hydrogens (primary N) is 1. The first kappa shape index (κ1) is 12.9. The van der Waals surface area contributed by atoms with Crippen LogP contribution in [-0.2, 0) is 10.0 Å². The number of primary sulfonamides is 1. The number of ether oxygens (including phenoxy) is 1. The van der Waals surface area contributed by atoms with E-state index in [-0.39, 0.29) is 4.34 Å². The molecule has 0 aliphatic rings. The lowest BCUT2D eigenvalue weighted by molar-refractivity contribution is 0.340. The Hall–Kier alpha value is -1.51. The van der Waals surface area contributed by atoms with Gasteiger partial charge in [0, 0.05) is 5.56 Å². The molecule has 0 radical (unpaired) electrons. The summed E-state index contributed by atoms with van der Waals surface area (Å²) in [5.74, 6) is 1.08. The molecule has 0 aliphatic carbocycles. The van der Waals surface area contributed by atoms with E-state index in [0.717, 1.165) is 17.3 Å². The van der Waals surface area contributed by atoms with Crippen LogP contribution in [0.2, 0.25) is 0 Å². The number of hydrogen-bond acceptors (Lipinski definition) is 6. The van der Waals surface area contributed by atoms with Gasteiger partial charge in [0.15, 0.2) is 5.82 Å². The highest BCUT2D eigenvalue weighted by atomic mass is 32.2. The lowest BCUT2D eigenvalue weighted by Crippen LogP contribution is -2.11. The van der Waals surface area contributed by atoms with Crippen LogP contribution in [0, 0.1) is 0 Å². The summed E-state index contributed by atoms with van der Waals surface area (Å²) in [4.78, 5) is 3.88. The van der Waals surface area contributed by atoms with Crippen LogP contribution in [0.15, 0.2) is 28.6 Å². The number of benzene rings is 1. The third kappa shape index (κ3) is 2.84. The number of sulfonamides is 1. The summed E-state index contributed by atoms with van der Waals surface area (Å²) >= 11 is 0.760. The van der Waals surface area contributed by atoms with Gasteiger partial charge in [-0.15, -0.1) is 0 Å². The largest absolute Gasteiger partial charge is 0.494 e. The van der Waals surface area contributed by atoms with Gasteiger partial charge in [0.1, 0.15) is 5.75 Å². The van der Waals surface area contributed by atoms with Crippen LogP contribution < -0.4 is 9.88 Å². The number of rotatable bonds is 4. The van der Waals surface area contributed by atoms with Gasteiger partial charge in [0.25, 0.3) is 10.0 Å². The summed E-state index contributed by atoms with van der Waals surface area (Å²) in [5, 5.41) is 4.97. The molecule has 96 valence electrons. The highest BCUT2D eigenvalue weighted by Crippen LogP contribution is 2.22. The van der Waals surface area contributed by atoms with Gasteiger partial charge in [-0.3, -0.25) is 0 Å². The molecule has 1 heterocycles. The zero-order valence-corrected chi connectivity index (χ0v) is 11.2. The Morgan fingerprint density at radius 1 is 1.33 bits per heavy atom. The van der Waals surface area contributed by atoms with Gasteiger partial charge in [-0.25, -0.2) is 18.5 Å². The molecule has 0 bridgehead atoms. The predicted octanol–water partition coefficient (Wildman–Crippen LogP) is 1.25. The molecule has 2 rings (SSSR count). The van der Waals surface area contributed by atoms with Crippen molar-refractivity contribution < 1.29 is 13.2 Å². The molecule has 6 nitrogen and oxygen atoms in total. The standard InChI is InChI=1S/C10H11N3O3S2/c1-2-16-8-5-3-7(4-6-8)9-12-10(17-13-9)18(11,14)15/h3-6H,2H2,1H3,(H2,11,14,15). The van der Waals surface area contributed by atoms with E-state index in [1.807, 2.05) is 6.92 Å². The van der Waals surface area contributed by atoms with E-state index in [2.05, 4.69) is 9.36 Å². The molecule has 0 fully saturated rings. The SMILES string of the molecule is CCOc1ccc(-c2nsc(S(N)(=O)=O)n2)cc1. The van der Waals surface area contributed by atoms with Crippen LogP contribution >= 0.6 is 11.5 Å². The first-order chi connectivity index (χ1) is 8.50. The molecule has 0 saturated carbocycles. The first-order valence-corrected chi connectivity index (χ1v) is 7.42. The first-order valence-electron chi connectivity index (χ1n) is 5.10. The van der Waals surface area contributed by atoms with Gasteiger partial charge >= 0.3 is 0 Å². The summed E-state index contributed by atoms with van der Waals surface area (Å²) < 4.78 is 31.2. The predicted molar refractivity (Wildman–Crippen MR) is 67.9 cm³/mol. The van der Waals surface area contributed by atoms with Crippen molar-refractivity contribution in [3.8, 4) is 17.1 Å². The zero-order chi connectivity index (χ0) is 13.2. The fourth-order valence-electron chi connectivity index (χ4n) is 1.31. The van der Waals surface area contributed by atoms with Crippen LogP contribution in [0.25, 0.3) is 11.4 Å². The quantitative estimate of drug-likeness (QED) is 0.912. The minimum Gasteiger partial charge on any atom is -0.494 e. The molecule has 8 heteroatoms. The van der Waals surface area contributed by atoms with Gasteiger partial charge in [0.2, 0.25) is 4.34 Å². The highest BCUT2D eigenvalue weighted by molar-refractivity contribution is 7.91. The van der Waals surface area contributed by atoms with Crippen molar-refractivity contribution in [2.24, 2.45) is 5.14 Å². The molecule has 0 aliphatic heterocycles. The molecule has 2 aromatic rings. The number of hydrogen-bond donors (Lipinski definition) is 1. The number of aromatic nitrogens is 2. The Bertz CT molecular complexity index is 635. The van der Waals surface area contributed by atoms with Gasteiger partial charge in [-0.2, -0.15) is 4.37 Å². The minimum absolute atomic E-state index is 0.189. The van der Waals surface area contributed by atoms with E-state index in [0.29, 0.717) is 18.0 Å². The summed E-state index contributed by atoms with van der Waals surface area (Å²) in [6, 6.07) is 7.08. The third-order valence-corrected chi connectivity index (χ3v) is 4.08. The Morgan fingerprint density at radius 3 is 2.50 bits per heavy atom. The van der Waals surface area contributed by atoms with Crippen LogP contribution in [0.4, 0.5) is 0 Å². The van der Waals surface area contributed by atoms with Crippen LogP contribution in [0.1, 0.15) is 6.92 Å². The maximum atomic E-state index is 11.1. The van der Waals surface area contributed by atoms with Crippen molar-refractivity contribution >= 4 is 21.6 Å². The monoisotopic (exact) mass is 285 g/mol. The van der Waals surface area contributed by atoms with Crippen molar-refractivity contribution in [1.82, 2.24) is 9.36 Å². The lowest BCUT2D eigenvalue weighted by Gasteiger charge is -2.02. The molecule has 2 N–H and O–H groups in total. The van der Waals surface area contributed by atoms with Crippen LogP contribution in [0.3, 0.4) is 0 Å². The van der Waals surface area contributed by atoms with E-state index >= 15 is 0 Å². The molecule has 0 unspecified atom stereocenters. The van der Waals surface area contributed by atoms with Gasteiger partial charge in [0.05, 0.1) is 6.61 Å². The molecule has 0 amide bonds. The molecule has 1 aromatic heterocycles. The van der Waals surface area contributed by atoms with Crippen molar-refractivity contribution in [2.75, 3.05) is 6.61 Å². The zero-order valence-electron chi connectivity index (χ0n) is 9.53. The molecule has 18 heavy (non-hydrogen) atoms. The minimum atomic E-state index is -3.79. The molecular weight excluding hydrogens is 274 g/mol. The van der Waals surface area contributed by atoms with E-state index in [1.165, 1.54) is 0 Å². The molecule has 0 saturated heterocycles. The lowest BCUT2D eigenvalue weighted by atomic mass is 10.2. The Morgan fingerprint density at radius 2 is 2.00 bits per heavy atom. The average molecular weight is 285 g/mol. The second-order valence-corrected chi connectivity index (χ2v) is 5.87. The highest BCUT2D eigenvalue weighted by Gasteiger charge is 2.15. The number of nitrogens with zero attached hydrogens (tertiary/aromatic N) is 2. The Kier molecular flexibility index (Phi) is 3.60. The average Bonchev–Trinajstić information content (AvgIpc) is 2.79. The van der Waals surface area contributed by atoms with Gasteiger partial charge in [-0.05, 0) is 42.7 Å². The summed E-state index contributed by atoms with van der Waals surface area (Å²) in [7, 11) is -3.79. The van der Waals surface area contributed by atoms with Gasteiger partial charge < -0.3 is 4.74 Å². The van der Waals surface area contributed by atoms with Crippen molar-refractivity contribution in [1.29, 1.82) is 0 Å². The maximum absolute atomic E-state index is 11.1. The smallest absolute Gasteiger partial charge is 0.266 e. The summed E-state index contributed by atoms with van der Waals surface area (Å²) in [6.07, 6.45) is 0. The van der Waals surface area contributed by atoms with Crippen LogP contribution in [0.5, 0.6) is 5.75 Å². The normalized spacial score (nSPS) is 11.4. The molecular formula is C10H11N3O3S2. The topological polar surface area (TPSA) is 95.2 Å². The van der Waals surface area contributed by atoms with Gasteiger partial charge in [-0.1, -0.05) is 0 Å². The van der Waals surface area contributed by atoms with E-state index in [4.69, 9.17) is 9.88 Å². The van der Waals surface area contributed by atoms with E-state index < -0.39 is 10.0 Å². The van der Waals surface area contributed by atoms with Crippen molar-refractivity contribution in [2.45, 2.75) is 11.3 Å². The third-order valence-electron chi connectivity index (χ3n) is 2.07. The molecule has 0 atom stereocenters. The fraction of sp³-hybridized carbons (Fsp3) is 0.200. The summed E-state index contributed by atoms with van der Waals surface area (Å²) in [5.41, 5.74) is 0.713. The Labute approximate surface area is 109 Å². The van der Waals surface area contributed by atoms with E-state index in [1.54, 1.807) is 24.3 Å². The second-order valence-electron chi connectivity index (χ2n) is 3.39. The van der Waals surface area contributed by atoms with E-state index in [9.17, 15) is 8.42 Å². The molecule has 0 spiro atoms.